The number of carboxylic acid groups (broad SMARTS) is 1. The summed E-state index contributed by atoms with van der Waals surface area (Å²) in [5.74, 6) is 0.629. The van der Waals surface area contributed by atoms with Crippen LogP contribution < -0.4 is 9.47 Å². The van der Waals surface area contributed by atoms with Crippen LogP contribution in [0.15, 0.2) is 48.7 Å². The summed E-state index contributed by atoms with van der Waals surface area (Å²) in [5, 5.41) is 28.3. The molecule has 194 valence electrons. The Morgan fingerprint density at radius 3 is 2.49 bits per heavy atom. The number of pyridine rings is 1. The van der Waals surface area contributed by atoms with Gasteiger partial charge in [0.15, 0.2) is 0 Å². The number of aliphatic hydroxyl groups is 2. The SMILES string of the molecule is Cc1cc(OCC(C)(CO)CO)cc(C)c1-c1cccc(COc2cc3c(cn2)[C@H]2[C@@H](C3)[C@@H]2C(=O)O)c1. The number of carboxylic acids is 1. The van der Waals surface area contributed by atoms with Gasteiger partial charge in [0.25, 0.3) is 0 Å². The number of carbonyl (C=O) groups is 1. The number of fused-ring (bicyclic) bond motifs is 3. The molecule has 1 saturated carbocycles. The number of hydrogen-bond donors (Lipinski definition) is 3. The van der Waals surface area contributed by atoms with E-state index in [2.05, 4.69) is 17.1 Å². The molecular weight excluding hydrogens is 470 g/mol. The van der Waals surface area contributed by atoms with E-state index in [0.717, 1.165) is 45.4 Å². The summed E-state index contributed by atoms with van der Waals surface area (Å²) in [5.41, 5.74) is 6.89. The second-order valence-electron chi connectivity index (χ2n) is 10.8. The van der Waals surface area contributed by atoms with E-state index in [1.807, 2.05) is 44.2 Å². The lowest BCUT2D eigenvalue weighted by Crippen LogP contribution is -2.33. The van der Waals surface area contributed by atoms with Gasteiger partial charge in [0, 0.05) is 23.6 Å². The fraction of sp³-hybridized carbons (Fsp3) is 0.400. The Hall–Kier alpha value is -3.42. The zero-order valence-electron chi connectivity index (χ0n) is 21.4. The number of aliphatic carboxylic acids is 1. The highest BCUT2D eigenvalue weighted by Crippen LogP contribution is 2.61. The van der Waals surface area contributed by atoms with Crippen LogP contribution >= 0.6 is 0 Å². The summed E-state index contributed by atoms with van der Waals surface area (Å²) < 4.78 is 11.9. The van der Waals surface area contributed by atoms with E-state index in [9.17, 15) is 20.1 Å². The maximum atomic E-state index is 11.3. The van der Waals surface area contributed by atoms with Crippen molar-refractivity contribution >= 4 is 5.97 Å². The van der Waals surface area contributed by atoms with Crippen molar-refractivity contribution < 1.29 is 29.6 Å². The highest BCUT2D eigenvalue weighted by atomic mass is 16.5. The van der Waals surface area contributed by atoms with Gasteiger partial charge in [0.05, 0.1) is 25.7 Å². The lowest BCUT2D eigenvalue weighted by atomic mass is 9.93. The van der Waals surface area contributed by atoms with Gasteiger partial charge < -0.3 is 24.8 Å². The van der Waals surface area contributed by atoms with Crippen LogP contribution in [0.1, 0.15) is 40.7 Å². The summed E-state index contributed by atoms with van der Waals surface area (Å²) in [7, 11) is 0. The van der Waals surface area contributed by atoms with Crippen LogP contribution in [0.5, 0.6) is 11.6 Å². The molecule has 1 heterocycles. The van der Waals surface area contributed by atoms with Crippen molar-refractivity contribution in [1.29, 1.82) is 0 Å². The number of hydrogen-bond acceptors (Lipinski definition) is 6. The van der Waals surface area contributed by atoms with E-state index in [1.54, 1.807) is 13.1 Å². The number of ether oxygens (including phenoxy) is 2. The molecule has 0 spiro atoms. The molecule has 2 aromatic carbocycles. The monoisotopic (exact) mass is 503 g/mol. The summed E-state index contributed by atoms with van der Waals surface area (Å²) >= 11 is 0. The first-order chi connectivity index (χ1) is 17.7. The third-order valence-electron chi connectivity index (χ3n) is 7.73. The molecule has 0 saturated heterocycles. The molecule has 0 radical (unpaired) electrons. The quantitative estimate of drug-likeness (QED) is 0.379. The first kappa shape index (κ1) is 25.2. The van der Waals surface area contributed by atoms with E-state index in [1.165, 1.54) is 0 Å². The second-order valence-corrected chi connectivity index (χ2v) is 10.8. The van der Waals surface area contributed by atoms with E-state index in [4.69, 9.17) is 9.47 Å². The fourth-order valence-electron chi connectivity index (χ4n) is 5.52. The Bertz CT molecular complexity index is 1310. The molecule has 1 aromatic heterocycles. The first-order valence-electron chi connectivity index (χ1n) is 12.6. The summed E-state index contributed by atoms with van der Waals surface area (Å²) in [6.07, 6.45) is 2.57. The van der Waals surface area contributed by atoms with Crippen LogP contribution in [0.3, 0.4) is 0 Å². The van der Waals surface area contributed by atoms with Crippen LogP contribution in [0, 0.1) is 31.1 Å². The number of benzene rings is 2. The first-order valence-corrected chi connectivity index (χ1v) is 12.6. The Labute approximate surface area is 216 Å². The van der Waals surface area contributed by atoms with Crippen molar-refractivity contribution in [3.8, 4) is 22.8 Å². The van der Waals surface area contributed by atoms with Crippen LogP contribution in [0.25, 0.3) is 11.1 Å². The average Bonchev–Trinajstić information content (AvgIpc) is 3.48. The fourth-order valence-corrected chi connectivity index (χ4v) is 5.52. The van der Waals surface area contributed by atoms with Crippen molar-refractivity contribution in [3.05, 3.63) is 76.5 Å². The number of rotatable bonds is 10. The molecule has 0 bridgehead atoms. The summed E-state index contributed by atoms with van der Waals surface area (Å²) in [6, 6.07) is 14.1. The zero-order chi connectivity index (χ0) is 26.3. The Morgan fingerprint density at radius 1 is 1.08 bits per heavy atom. The highest BCUT2D eigenvalue weighted by Gasteiger charge is 2.59. The van der Waals surface area contributed by atoms with Gasteiger partial charge in [-0.1, -0.05) is 25.1 Å². The standard InChI is InChI=1S/C30H33NO6/c1-17-7-22(37-16-30(3,14-32)15-33)8-18(2)26(17)20-6-4-5-19(9-20)13-36-25-11-21-10-23-27(24(21)12-31-25)28(23)29(34)35/h4-9,11-12,23,27-28,32-33H,10,13-16H2,1-3H3,(H,34,35)/t23-,27-,28+/m1/s1. The number of aryl methyl sites for hydroxylation is 2. The predicted octanol–water partition coefficient (Wildman–Crippen LogP) is 4.28. The number of aromatic nitrogens is 1. The maximum absolute atomic E-state index is 11.3. The zero-order valence-corrected chi connectivity index (χ0v) is 21.4. The molecule has 3 N–H and O–H groups in total. The molecule has 3 aromatic rings. The smallest absolute Gasteiger partial charge is 0.307 e. The van der Waals surface area contributed by atoms with Crippen molar-refractivity contribution in [3.63, 3.8) is 0 Å². The van der Waals surface area contributed by atoms with Crippen LogP contribution in [0.2, 0.25) is 0 Å². The normalized spacial score (nSPS) is 19.8. The minimum Gasteiger partial charge on any atom is -0.493 e. The van der Waals surface area contributed by atoms with Gasteiger partial charge in [0.2, 0.25) is 5.88 Å². The summed E-state index contributed by atoms with van der Waals surface area (Å²) in [4.78, 5) is 15.8. The van der Waals surface area contributed by atoms with Gasteiger partial charge >= 0.3 is 5.97 Å². The minimum absolute atomic E-state index is 0.114. The molecular formula is C30H33NO6. The molecule has 0 aliphatic heterocycles. The molecule has 37 heavy (non-hydrogen) atoms. The van der Waals surface area contributed by atoms with E-state index in [0.29, 0.717) is 18.2 Å². The number of aliphatic hydroxyl groups excluding tert-OH is 2. The second kappa shape index (κ2) is 9.80. The van der Waals surface area contributed by atoms with Crippen LogP contribution in [-0.2, 0) is 17.8 Å². The van der Waals surface area contributed by atoms with Crippen molar-refractivity contribution in [2.45, 2.75) is 39.7 Å². The van der Waals surface area contributed by atoms with E-state index < -0.39 is 11.4 Å². The van der Waals surface area contributed by atoms with Gasteiger partial charge in [-0.15, -0.1) is 0 Å². The van der Waals surface area contributed by atoms with Gasteiger partial charge in [-0.25, -0.2) is 4.98 Å². The molecule has 1 fully saturated rings. The Morgan fingerprint density at radius 2 is 1.81 bits per heavy atom. The largest absolute Gasteiger partial charge is 0.493 e. The predicted molar refractivity (Wildman–Crippen MR) is 139 cm³/mol. The van der Waals surface area contributed by atoms with Crippen molar-refractivity contribution in [2.75, 3.05) is 19.8 Å². The molecule has 2 aliphatic carbocycles. The van der Waals surface area contributed by atoms with E-state index in [-0.39, 0.29) is 37.6 Å². The van der Waals surface area contributed by atoms with Crippen molar-refractivity contribution in [2.24, 2.45) is 17.3 Å². The molecule has 0 amide bonds. The lowest BCUT2D eigenvalue weighted by molar-refractivity contribution is -0.139. The van der Waals surface area contributed by atoms with Crippen LogP contribution in [0.4, 0.5) is 0 Å². The topological polar surface area (TPSA) is 109 Å². The molecule has 2 aliphatic rings. The maximum Gasteiger partial charge on any atom is 0.307 e. The molecule has 7 nitrogen and oxygen atoms in total. The Balaban J connectivity index is 1.26. The molecule has 0 unspecified atom stereocenters. The van der Waals surface area contributed by atoms with Gasteiger partial charge in [-0.3, -0.25) is 4.79 Å². The van der Waals surface area contributed by atoms with Gasteiger partial charge in [0.1, 0.15) is 12.4 Å². The van der Waals surface area contributed by atoms with Gasteiger partial charge in [-0.05, 0) is 83.3 Å². The Kier molecular flexibility index (Phi) is 6.68. The lowest BCUT2D eigenvalue weighted by Gasteiger charge is -2.25. The average molecular weight is 504 g/mol. The van der Waals surface area contributed by atoms with Gasteiger partial charge in [-0.2, -0.15) is 0 Å². The van der Waals surface area contributed by atoms with E-state index >= 15 is 0 Å². The minimum atomic E-state index is -0.708. The highest BCUT2D eigenvalue weighted by molar-refractivity contribution is 5.77. The third-order valence-corrected chi connectivity index (χ3v) is 7.73. The molecule has 7 heteroatoms. The van der Waals surface area contributed by atoms with Crippen LogP contribution in [-0.4, -0.2) is 46.1 Å². The third kappa shape index (κ3) is 4.93. The number of nitrogens with zero attached hydrogens (tertiary/aromatic N) is 1. The molecule has 5 rings (SSSR count). The van der Waals surface area contributed by atoms with Crippen molar-refractivity contribution in [1.82, 2.24) is 4.98 Å². The summed E-state index contributed by atoms with van der Waals surface area (Å²) in [6.45, 7) is 6.17. The molecule has 3 atom stereocenters.